The van der Waals surface area contributed by atoms with Crippen molar-refractivity contribution in [1.29, 1.82) is 0 Å². The van der Waals surface area contributed by atoms with Gasteiger partial charge in [-0.05, 0) is 23.6 Å². The first kappa shape index (κ1) is 14.6. The zero-order chi connectivity index (χ0) is 13.3. The van der Waals surface area contributed by atoms with E-state index in [-0.39, 0.29) is 16.9 Å². The van der Waals surface area contributed by atoms with Crippen LogP contribution in [0.25, 0.3) is 0 Å². The van der Waals surface area contributed by atoms with Crippen molar-refractivity contribution >= 4 is 26.0 Å². The van der Waals surface area contributed by atoms with E-state index < -0.39 is 15.8 Å². The normalized spacial score (nSPS) is 12.8. The highest BCUT2D eigenvalue weighted by Gasteiger charge is 2.21. The van der Waals surface area contributed by atoms with Gasteiger partial charge in [0.15, 0.2) is 0 Å². The van der Waals surface area contributed by atoms with Gasteiger partial charge >= 0.3 is 0 Å². The molecule has 1 aromatic carbocycles. The van der Waals surface area contributed by atoms with Crippen LogP contribution in [0.3, 0.4) is 0 Å². The Morgan fingerprint density at radius 2 is 1.94 bits per heavy atom. The van der Waals surface area contributed by atoms with Crippen LogP contribution in [-0.4, -0.2) is 15.0 Å². The Bertz CT molecular complexity index is 509. The highest BCUT2D eigenvalue weighted by Crippen LogP contribution is 2.20. The molecule has 96 valence electrons. The first-order chi connectivity index (χ1) is 7.62. The monoisotopic (exact) mass is 323 g/mol. The van der Waals surface area contributed by atoms with Gasteiger partial charge in [-0.25, -0.2) is 17.5 Å². The number of hydrogen-bond donors (Lipinski definition) is 1. The fourth-order valence-electron chi connectivity index (χ4n) is 1.08. The van der Waals surface area contributed by atoms with Crippen LogP contribution in [0, 0.1) is 11.2 Å². The van der Waals surface area contributed by atoms with Gasteiger partial charge in [0.1, 0.15) is 10.7 Å². The fraction of sp³-hybridized carbons (Fsp3) is 0.455. The second-order valence-electron chi connectivity index (χ2n) is 4.96. The molecule has 1 aromatic rings. The lowest BCUT2D eigenvalue weighted by Crippen LogP contribution is -2.32. The van der Waals surface area contributed by atoms with E-state index in [1.165, 1.54) is 12.1 Å². The van der Waals surface area contributed by atoms with E-state index in [1.54, 1.807) is 0 Å². The van der Waals surface area contributed by atoms with Gasteiger partial charge in [-0.3, -0.25) is 0 Å². The molecule has 0 heterocycles. The lowest BCUT2D eigenvalue weighted by molar-refractivity contribution is 0.407. The Morgan fingerprint density at radius 3 is 2.41 bits per heavy atom. The highest BCUT2D eigenvalue weighted by molar-refractivity contribution is 9.10. The lowest BCUT2D eigenvalue weighted by atomic mass is 9.98. The van der Waals surface area contributed by atoms with Gasteiger partial charge in [-0.15, -0.1) is 0 Å². The van der Waals surface area contributed by atoms with Crippen LogP contribution < -0.4 is 4.72 Å². The molecule has 1 N–H and O–H groups in total. The largest absolute Gasteiger partial charge is 0.243 e. The number of halogens is 2. The van der Waals surface area contributed by atoms with Gasteiger partial charge in [0.05, 0.1) is 0 Å². The van der Waals surface area contributed by atoms with Gasteiger partial charge < -0.3 is 0 Å². The molecule has 0 unspecified atom stereocenters. The van der Waals surface area contributed by atoms with Gasteiger partial charge in [-0.1, -0.05) is 36.7 Å². The van der Waals surface area contributed by atoms with Crippen LogP contribution in [-0.2, 0) is 10.0 Å². The molecule has 0 aliphatic heterocycles. The lowest BCUT2D eigenvalue weighted by Gasteiger charge is -2.18. The van der Waals surface area contributed by atoms with Crippen molar-refractivity contribution in [1.82, 2.24) is 4.72 Å². The van der Waals surface area contributed by atoms with E-state index in [0.29, 0.717) is 4.47 Å². The predicted octanol–water partition coefficient (Wildman–Crippen LogP) is 2.91. The van der Waals surface area contributed by atoms with Crippen molar-refractivity contribution < 1.29 is 12.8 Å². The highest BCUT2D eigenvalue weighted by atomic mass is 79.9. The zero-order valence-electron chi connectivity index (χ0n) is 9.92. The number of rotatable bonds is 3. The van der Waals surface area contributed by atoms with Crippen molar-refractivity contribution in [2.45, 2.75) is 25.7 Å². The molecule has 3 nitrogen and oxygen atoms in total. The van der Waals surface area contributed by atoms with Crippen LogP contribution in [0.15, 0.2) is 27.6 Å². The number of hydrogen-bond acceptors (Lipinski definition) is 2. The van der Waals surface area contributed by atoms with Crippen LogP contribution in [0.1, 0.15) is 20.8 Å². The minimum Gasteiger partial charge on any atom is -0.211 e. The van der Waals surface area contributed by atoms with Gasteiger partial charge in [0, 0.05) is 11.0 Å². The first-order valence-corrected chi connectivity index (χ1v) is 7.34. The van der Waals surface area contributed by atoms with Crippen LogP contribution >= 0.6 is 15.9 Å². The summed E-state index contributed by atoms with van der Waals surface area (Å²) in [5.74, 6) is -0.763. The van der Waals surface area contributed by atoms with Crippen LogP contribution in [0.2, 0.25) is 0 Å². The third-order valence-electron chi connectivity index (χ3n) is 1.98. The summed E-state index contributed by atoms with van der Waals surface area (Å²) in [6.45, 7) is 5.94. The maximum Gasteiger partial charge on any atom is 0.243 e. The average Bonchev–Trinajstić information content (AvgIpc) is 2.13. The molecule has 0 aliphatic carbocycles. The summed E-state index contributed by atoms with van der Waals surface area (Å²) in [7, 11) is -3.79. The van der Waals surface area contributed by atoms with Crippen molar-refractivity contribution in [2.75, 3.05) is 6.54 Å². The maximum absolute atomic E-state index is 13.5. The number of benzene rings is 1. The van der Waals surface area contributed by atoms with Crippen molar-refractivity contribution in [2.24, 2.45) is 5.41 Å². The minimum absolute atomic E-state index is 0.196. The molecule has 0 saturated heterocycles. The Labute approximate surface area is 110 Å². The summed E-state index contributed by atoms with van der Waals surface area (Å²) in [5.41, 5.74) is -0.196. The number of sulfonamides is 1. The molecule has 6 heteroatoms. The molecule has 0 spiro atoms. The van der Waals surface area contributed by atoms with Gasteiger partial charge in [0.25, 0.3) is 0 Å². The van der Waals surface area contributed by atoms with Crippen molar-refractivity contribution in [3.63, 3.8) is 0 Å². The van der Waals surface area contributed by atoms with Crippen LogP contribution in [0.4, 0.5) is 4.39 Å². The fourth-order valence-corrected chi connectivity index (χ4v) is 2.76. The molecule has 0 atom stereocenters. The van der Waals surface area contributed by atoms with Crippen LogP contribution in [0.5, 0.6) is 0 Å². The molecular formula is C11H15BrFNO2S. The molecule has 0 fully saturated rings. The van der Waals surface area contributed by atoms with E-state index in [9.17, 15) is 12.8 Å². The van der Waals surface area contributed by atoms with E-state index >= 15 is 0 Å². The smallest absolute Gasteiger partial charge is 0.211 e. The van der Waals surface area contributed by atoms with E-state index in [2.05, 4.69) is 20.7 Å². The first-order valence-electron chi connectivity index (χ1n) is 5.06. The molecular weight excluding hydrogens is 309 g/mol. The molecule has 0 aliphatic rings. The topological polar surface area (TPSA) is 46.2 Å². The Kier molecular flexibility index (Phi) is 4.33. The second kappa shape index (κ2) is 5.04. The Balaban J connectivity index is 2.98. The molecule has 1 rings (SSSR count). The van der Waals surface area contributed by atoms with Gasteiger partial charge in [0.2, 0.25) is 10.0 Å². The minimum atomic E-state index is -3.79. The second-order valence-corrected chi connectivity index (χ2v) is 7.61. The molecule has 0 amide bonds. The predicted molar refractivity (Wildman–Crippen MR) is 68.7 cm³/mol. The molecule has 0 radical (unpaired) electrons. The SMILES string of the molecule is CC(C)(C)CNS(=O)(=O)c1ccc(Br)cc1F. The molecule has 0 saturated carbocycles. The molecule has 17 heavy (non-hydrogen) atoms. The standard InChI is InChI=1S/C11H15BrFNO2S/c1-11(2,3)7-14-17(15,16)10-5-4-8(12)6-9(10)13/h4-6,14H,7H2,1-3H3. The summed E-state index contributed by atoms with van der Waals surface area (Å²) >= 11 is 3.08. The van der Waals surface area contributed by atoms with Crippen molar-refractivity contribution in [3.8, 4) is 0 Å². The van der Waals surface area contributed by atoms with E-state index in [4.69, 9.17) is 0 Å². The summed E-state index contributed by atoms with van der Waals surface area (Å²) < 4.78 is 40.1. The third-order valence-corrected chi connectivity index (χ3v) is 3.90. The van der Waals surface area contributed by atoms with Crippen molar-refractivity contribution in [3.05, 3.63) is 28.5 Å². The van der Waals surface area contributed by atoms with Gasteiger partial charge in [-0.2, -0.15) is 0 Å². The summed E-state index contributed by atoms with van der Waals surface area (Å²) in [5, 5.41) is 0. The summed E-state index contributed by atoms with van der Waals surface area (Å²) in [6, 6.07) is 3.87. The quantitative estimate of drug-likeness (QED) is 0.929. The van der Waals surface area contributed by atoms with E-state index in [1.807, 2.05) is 20.8 Å². The number of nitrogens with one attached hydrogen (secondary N) is 1. The third kappa shape index (κ3) is 4.37. The maximum atomic E-state index is 13.5. The van der Waals surface area contributed by atoms with E-state index in [0.717, 1.165) is 6.07 Å². The Hall–Kier alpha value is -0.460. The summed E-state index contributed by atoms with van der Waals surface area (Å²) in [6.07, 6.45) is 0. The zero-order valence-corrected chi connectivity index (χ0v) is 12.3. The molecule has 0 bridgehead atoms. The summed E-state index contributed by atoms with van der Waals surface area (Å²) in [4.78, 5) is -0.329. The Morgan fingerprint density at radius 1 is 1.35 bits per heavy atom. The average molecular weight is 324 g/mol. The molecule has 0 aromatic heterocycles.